The molecule has 274 valence electrons. The van der Waals surface area contributed by atoms with Crippen LogP contribution >= 0.6 is 0 Å². The van der Waals surface area contributed by atoms with Gasteiger partial charge in [-0.05, 0) is 54.8 Å². The maximum atomic E-state index is 13.1. The summed E-state index contributed by atoms with van der Waals surface area (Å²) in [5.41, 5.74) is 4.08. The van der Waals surface area contributed by atoms with Crippen LogP contribution in [0.1, 0.15) is 50.3 Å². The Balaban J connectivity index is 0.00000113. The van der Waals surface area contributed by atoms with E-state index in [2.05, 4.69) is 5.32 Å². The third kappa shape index (κ3) is 10.2. The van der Waals surface area contributed by atoms with E-state index < -0.39 is 16.1 Å². The van der Waals surface area contributed by atoms with Gasteiger partial charge in [-0.25, -0.2) is 22.4 Å². The largest absolute Gasteiger partial charge is 0.748 e. The van der Waals surface area contributed by atoms with E-state index in [1.807, 2.05) is 84.8 Å². The molecule has 0 unspecified atom stereocenters. The molecule has 13 nitrogen and oxygen atoms in total. The molecule has 0 saturated carbocycles. The number of carbonyl (C=O) groups is 3. The number of carbonyl (C=O) groups excluding carboxylic acids is 3. The van der Waals surface area contributed by atoms with E-state index in [1.165, 1.54) is 13.2 Å². The van der Waals surface area contributed by atoms with Crippen molar-refractivity contribution in [3.8, 4) is 22.5 Å². The molecule has 2 heterocycles. The van der Waals surface area contributed by atoms with Gasteiger partial charge in [0.2, 0.25) is 5.36 Å². The number of benzene rings is 3. The van der Waals surface area contributed by atoms with E-state index in [0.717, 1.165) is 47.8 Å². The molecule has 5 rings (SSSR count). The third-order valence-electron chi connectivity index (χ3n) is 8.15. The van der Waals surface area contributed by atoms with Gasteiger partial charge >= 0.3 is 5.97 Å². The van der Waals surface area contributed by atoms with Crippen molar-refractivity contribution in [3.63, 3.8) is 0 Å². The minimum absolute atomic E-state index is 0.0777. The fraction of sp³-hybridized carbons (Fsp3) is 0.289. The lowest BCUT2D eigenvalue weighted by atomic mass is 9.89. The molecule has 0 radical (unpaired) electrons. The van der Waals surface area contributed by atoms with Crippen LogP contribution in [0.3, 0.4) is 0 Å². The number of methoxy groups -OCH3 is 1. The summed E-state index contributed by atoms with van der Waals surface area (Å²) < 4.78 is 42.3. The molecule has 2 aromatic carbocycles. The van der Waals surface area contributed by atoms with E-state index in [0.29, 0.717) is 40.8 Å². The Hall–Kier alpha value is -5.60. The number of nitrogens with one attached hydrogen (secondary N) is 1. The van der Waals surface area contributed by atoms with E-state index in [9.17, 15) is 19.5 Å². The molecule has 2 aliphatic rings. The first kappa shape index (κ1) is 39.2. The molecular weight excluding hydrogens is 689 g/mol. The van der Waals surface area contributed by atoms with Gasteiger partial charge in [0.1, 0.15) is 37.5 Å². The van der Waals surface area contributed by atoms with Gasteiger partial charge < -0.3 is 33.8 Å². The number of rotatable bonds is 11. The number of amides is 1. The van der Waals surface area contributed by atoms with Crippen molar-refractivity contribution in [1.29, 1.82) is 0 Å². The predicted octanol–water partition coefficient (Wildman–Crippen LogP) is 2.50. The number of nitrogens with zero attached hydrogens (tertiary/aromatic N) is 3. The number of carboxylic acid groups (broad SMARTS) is 1. The quantitative estimate of drug-likeness (QED) is 0.0699. The number of esters is 1. The molecular formula is C38H42N4O9S. The molecule has 1 aliphatic carbocycles. The highest BCUT2D eigenvalue weighted by Crippen LogP contribution is 2.42. The minimum Gasteiger partial charge on any atom is -0.748 e. The number of hydrogen-bond acceptors (Lipinski definition) is 10. The molecule has 52 heavy (non-hydrogen) atoms. The minimum atomic E-state index is -3.92. The van der Waals surface area contributed by atoms with Crippen LogP contribution in [-0.2, 0) is 21.4 Å². The van der Waals surface area contributed by atoms with Crippen LogP contribution in [0.15, 0.2) is 83.5 Å². The Kier molecular flexibility index (Phi) is 12.9. The average molecular weight is 731 g/mol. The summed E-state index contributed by atoms with van der Waals surface area (Å²) in [5, 5.41) is 17.1. The van der Waals surface area contributed by atoms with Gasteiger partial charge in [-0.1, -0.05) is 6.07 Å². The number of fused-ring (bicyclic) bond motifs is 2. The van der Waals surface area contributed by atoms with Crippen molar-refractivity contribution in [3.05, 3.63) is 101 Å². The number of unbranched alkanes of at least 4 members (excludes halogenated alkanes) is 2. The summed E-state index contributed by atoms with van der Waals surface area (Å²) in [7, 11) is 5.21. The Labute approximate surface area is 302 Å². The number of carboxylic acids is 1. The first-order chi connectivity index (χ1) is 24.6. The van der Waals surface area contributed by atoms with E-state index >= 15 is 0 Å². The molecule has 1 aliphatic heterocycles. The lowest BCUT2D eigenvalue weighted by molar-refractivity contribution is -0.697. The fourth-order valence-electron chi connectivity index (χ4n) is 5.59. The van der Waals surface area contributed by atoms with Gasteiger partial charge in [-0.2, -0.15) is 0 Å². The highest BCUT2D eigenvalue weighted by molar-refractivity contribution is 7.84. The zero-order valence-electron chi connectivity index (χ0n) is 30.0. The van der Waals surface area contributed by atoms with Crippen LogP contribution in [0.5, 0.6) is 0 Å². The van der Waals surface area contributed by atoms with Crippen molar-refractivity contribution >= 4 is 44.6 Å². The van der Waals surface area contributed by atoms with Crippen LogP contribution in [0.25, 0.3) is 33.4 Å². The predicted molar refractivity (Wildman–Crippen MR) is 194 cm³/mol. The summed E-state index contributed by atoms with van der Waals surface area (Å²) in [5.74, 6) is -1.51. The number of pyridine rings is 1. The van der Waals surface area contributed by atoms with Gasteiger partial charge in [-0.3, -0.25) is 4.79 Å². The molecule has 0 fully saturated rings. The smallest absolute Gasteiger partial charge is 0.343 e. The maximum Gasteiger partial charge on any atom is 0.343 e. The van der Waals surface area contributed by atoms with Crippen LogP contribution in [0.2, 0.25) is 0 Å². The molecule has 0 bridgehead atoms. The van der Waals surface area contributed by atoms with Crippen LogP contribution in [0, 0.1) is 0 Å². The van der Waals surface area contributed by atoms with Crippen molar-refractivity contribution < 1.29 is 46.2 Å². The number of ether oxygens (including phenoxy) is 1. The van der Waals surface area contributed by atoms with Gasteiger partial charge in [0.15, 0.2) is 12.4 Å². The molecule has 1 N–H and O–H groups in total. The standard InChI is InChI=1S/C37H38N4O6.CH4O3S/c1-39(2)26-12-15-29-32(21-26)47-33-22-27(40(3)4)13-16-30(33)34(29)28-14-11-24(20-31(28)36(43)44)35(42)38-17-7-6-8-18-41-19-9-10-25(23-41)37(45)46-5;1-5(2,3)4/h9-16,19-23H,6-8,17-18H2,1-5H3;1H3,(H,2,3,4). The number of aromatic nitrogens is 1. The van der Waals surface area contributed by atoms with E-state index in [1.54, 1.807) is 30.5 Å². The second kappa shape index (κ2) is 17.1. The fourth-order valence-corrected chi connectivity index (χ4v) is 5.59. The summed E-state index contributed by atoms with van der Waals surface area (Å²) in [6, 6.07) is 19.8. The Morgan fingerprint density at radius 2 is 1.65 bits per heavy atom. The van der Waals surface area contributed by atoms with Crippen molar-refractivity contribution in [2.24, 2.45) is 0 Å². The first-order valence-corrected chi connectivity index (χ1v) is 18.2. The Morgan fingerprint density at radius 3 is 2.31 bits per heavy atom. The second-order valence-electron chi connectivity index (χ2n) is 12.5. The van der Waals surface area contributed by atoms with Crippen LogP contribution in [-0.4, -0.2) is 78.9 Å². The van der Waals surface area contributed by atoms with Gasteiger partial charge in [0.05, 0.1) is 29.3 Å². The van der Waals surface area contributed by atoms with Crippen LogP contribution in [0.4, 0.5) is 5.69 Å². The van der Waals surface area contributed by atoms with Crippen molar-refractivity contribution in [1.82, 2.24) is 9.89 Å². The molecule has 0 saturated heterocycles. The molecule has 0 spiro atoms. The normalized spacial score (nSPS) is 11.1. The monoisotopic (exact) mass is 730 g/mol. The Morgan fingerprint density at radius 1 is 0.942 bits per heavy atom. The van der Waals surface area contributed by atoms with Crippen molar-refractivity contribution in [2.45, 2.75) is 25.8 Å². The van der Waals surface area contributed by atoms with Gasteiger partial charge in [0, 0.05) is 84.8 Å². The van der Waals surface area contributed by atoms with Gasteiger partial charge in [0.25, 0.3) is 5.91 Å². The summed E-state index contributed by atoms with van der Waals surface area (Å²) in [4.78, 5) is 39.4. The number of anilines is 1. The molecule has 3 aromatic rings. The van der Waals surface area contributed by atoms with Crippen LogP contribution < -0.4 is 29.8 Å². The number of hydrogen-bond donors (Lipinski definition) is 1. The lowest BCUT2D eigenvalue weighted by Gasteiger charge is -2.20. The summed E-state index contributed by atoms with van der Waals surface area (Å²) in [6.07, 6.45) is 6.70. The molecule has 1 amide bonds. The topological polar surface area (TPSA) is 176 Å². The third-order valence-corrected chi connectivity index (χ3v) is 8.15. The van der Waals surface area contributed by atoms with E-state index in [-0.39, 0.29) is 23.0 Å². The average Bonchev–Trinajstić information content (AvgIpc) is 3.10. The zero-order valence-corrected chi connectivity index (χ0v) is 30.8. The Bertz CT molecular complexity index is 2250. The first-order valence-electron chi connectivity index (χ1n) is 16.4. The highest BCUT2D eigenvalue weighted by Gasteiger charge is 2.22. The zero-order chi connectivity index (χ0) is 38.2. The van der Waals surface area contributed by atoms with E-state index in [4.69, 9.17) is 22.1 Å². The summed E-state index contributed by atoms with van der Waals surface area (Å²) >= 11 is 0. The molecule has 0 atom stereocenters. The lowest BCUT2D eigenvalue weighted by Crippen LogP contribution is -2.34. The second-order valence-corrected chi connectivity index (χ2v) is 13.9. The van der Waals surface area contributed by atoms with Gasteiger partial charge in [-0.15, -0.1) is 0 Å². The molecule has 14 heteroatoms. The molecule has 1 aromatic heterocycles. The van der Waals surface area contributed by atoms with Crippen molar-refractivity contribution in [2.75, 3.05) is 53.0 Å². The number of aryl methyl sites for hydroxylation is 1. The summed E-state index contributed by atoms with van der Waals surface area (Å²) in [6.45, 7) is 1.16. The SMILES string of the molecule is COC(=O)c1ccc[n+](CCCCCNC(=O)c2ccc(-c3c4ccc(=[N+](C)C)cc-4oc4cc(N(C)C)ccc34)c(C(=O)[O-])c2)c1.CS(=O)(=O)[O-]. The maximum absolute atomic E-state index is 13.1. The highest BCUT2D eigenvalue weighted by atomic mass is 32.2. The number of aromatic carboxylic acids is 1.